The molecule has 1 atom stereocenters. The van der Waals surface area contributed by atoms with Crippen molar-refractivity contribution in [3.8, 4) is 0 Å². The molecule has 0 saturated heterocycles. The second-order valence-corrected chi connectivity index (χ2v) is 15.4. The zero-order valence-electron chi connectivity index (χ0n) is 37.1. The quantitative estimate of drug-likeness (QED) is 0.0265. The van der Waals surface area contributed by atoms with E-state index in [0.717, 1.165) is 109 Å². The molecule has 6 nitrogen and oxygen atoms in total. The standard InChI is InChI=1S/C51H86O6/c1-4-7-10-13-16-19-22-25-28-31-34-37-40-43-49(52)55-46-48(57-51(54)45-42-39-36-33-30-27-24-21-18-15-12-9-6-3)47-56-50(53)44-41-38-35-32-29-26-23-20-17-14-11-8-5-2/h7,9-10,12-13,15-16,18-19,21-22,24,48H,4-6,8,11,14,17,20,23,25-47H2,1-3H3/b10-7-,12-9-,16-13-,18-15-,22-19-,24-21-. The number of hydrogen-bond donors (Lipinski definition) is 0. The SMILES string of the molecule is CC\C=C/C=C\C=C/CCCCCCCC(=O)OCC(COC(=O)CCCCCCCCCCCCCCC)OC(=O)CCCCCCC\C=C/C=C\C=C/CC. The van der Waals surface area contributed by atoms with Crippen LogP contribution in [-0.4, -0.2) is 37.2 Å². The minimum Gasteiger partial charge on any atom is -0.462 e. The van der Waals surface area contributed by atoms with Crippen LogP contribution in [0.25, 0.3) is 0 Å². The molecule has 326 valence electrons. The van der Waals surface area contributed by atoms with Crippen molar-refractivity contribution in [3.63, 3.8) is 0 Å². The lowest BCUT2D eigenvalue weighted by Crippen LogP contribution is -2.30. The van der Waals surface area contributed by atoms with Gasteiger partial charge in [0, 0.05) is 19.3 Å². The van der Waals surface area contributed by atoms with Crippen molar-refractivity contribution in [3.05, 3.63) is 72.9 Å². The fourth-order valence-corrected chi connectivity index (χ4v) is 6.32. The van der Waals surface area contributed by atoms with Crippen LogP contribution in [0.3, 0.4) is 0 Å². The van der Waals surface area contributed by atoms with E-state index in [9.17, 15) is 14.4 Å². The fourth-order valence-electron chi connectivity index (χ4n) is 6.32. The van der Waals surface area contributed by atoms with E-state index in [1.165, 1.54) is 64.2 Å². The van der Waals surface area contributed by atoms with E-state index in [4.69, 9.17) is 14.2 Å². The number of ether oxygens (including phenoxy) is 3. The van der Waals surface area contributed by atoms with Gasteiger partial charge in [0.05, 0.1) is 0 Å². The number of hydrogen-bond acceptors (Lipinski definition) is 6. The van der Waals surface area contributed by atoms with Crippen LogP contribution in [0.4, 0.5) is 0 Å². The van der Waals surface area contributed by atoms with E-state index in [1.807, 2.05) is 0 Å². The molecule has 0 aliphatic carbocycles. The van der Waals surface area contributed by atoms with Gasteiger partial charge in [0.15, 0.2) is 6.10 Å². The van der Waals surface area contributed by atoms with Gasteiger partial charge in [0.1, 0.15) is 13.2 Å². The summed E-state index contributed by atoms with van der Waals surface area (Å²) in [6.45, 7) is 6.32. The molecule has 0 saturated carbocycles. The molecule has 0 radical (unpaired) electrons. The molecule has 0 N–H and O–H groups in total. The van der Waals surface area contributed by atoms with Crippen LogP contribution in [0.5, 0.6) is 0 Å². The summed E-state index contributed by atoms with van der Waals surface area (Å²) in [5.41, 5.74) is 0. The highest BCUT2D eigenvalue weighted by Crippen LogP contribution is 2.14. The average Bonchev–Trinajstić information content (AvgIpc) is 3.21. The molecule has 0 fully saturated rings. The molecule has 6 heteroatoms. The molecule has 57 heavy (non-hydrogen) atoms. The van der Waals surface area contributed by atoms with Gasteiger partial charge in [-0.25, -0.2) is 0 Å². The molecular weight excluding hydrogens is 709 g/mol. The van der Waals surface area contributed by atoms with E-state index in [1.54, 1.807) is 0 Å². The van der Waals surface area contributed by atoms with Crippen molar-refractivity contribution in [1.82, 2.24) is 0 Å². The van der Waals surface area contributed by atoms with Crippen LogP contribution < -0.4 is 0 Å². The zero-order valence-corrected chi connectivity index (χ0v) is 37.1. The maximum Gasteiger partial charge on any atom is 0.306 e. The molecule has 1 unspecified atom stereocenters. The topological polar surface area (TPSA) is 78.9 Å². The van der Waals surface area contributed by atoms with E-state index in [2.05, 4.69) is 93.7 Å². The summed E-state index contributed by atoms with van der Waals surface area (Å²) in [5.74, 6) is -0.934. The van der Waals surface area contributed by atoms with Gasteiger partial charge in [0.2, 0.25) is 0 Å². The largest absolute Gasteiger partial charge is 0.462 e. The number of allylic oxidation sites excluding steroid dienone is 12. The number of carbonyl (C=O) groups excluding carboxylic acids is 3. The van der Waals surface area contributed by atoms with Crippen LogP contribution in [-0.2, 0) is 28.6 Å². The summed E-state index contributed by atoms with van der Waals surface area (Å²) in [6.07, 6.45) is 55.9. The van der Waals surface area contributed by atoms with E-state index < -0.39 is 6.10 Å². The Morgan fingerprint density at radius 2 is 0.684 bits per heavy atom. The molecule has 0 aliphatic rings. The highest BCUT2D eigenvalue weighted by molar-refractivity contribution is 5.71. The molecule has 0 bridgehead atoms. The van der Waals surface area contributed by atoms with Crippen molar-refractivity contribution < 1.29 is 28.6 Å². The van der Waals surface area contributed by atoms with Crippen molar-refractivity contribution in [2.24, 2.45) is 0 Å². The van der Waals surface area contributed by atoms with Crippen LogP contribution in [0.2, 0.25) is 0 Å². The molecule has 0 aromatic heterocycles. The summed E-state index contributed by atoms with van der Waals surface area (Å²) in [4.78, 5) is 37.8. The Labute approximate surface area is 351 Å². The first-order valence-electron chi connectivity index (χ1n) is 23.5. The Morgan fingerprint density at radius 3 is 1.05 bits per heavy atom. The van der Waals surface area contributed by atoms with Crippen molar-refractivity contribution in [2.45, 2.75) is 219 Å². The van der Waals surface area contributed by atoms with Crippen LogP contribution in [0.15, 0.2) is 72.9 Å². The van der Waals surface area contributed by atoms with Crippen LogP contribution in [0.1, 0.15) is 213 Å². The summed E-state index contributed by atoms with van der Waals surface area (Å²) in [5, 5.41) is 0. The van der Waals surface area contributed by atoms with E-state index in [-0.39, 0.29) is 31.1 Å². The minimum absolute atomic E-state index is 0.0897. The Balaban J connectivity index is 4.44. The molecule has 0 spiro atoms. The molecule has 0 aromatic carbocycles. The number of carbonyl (C=O) groups is 3. The lowest BCUT2D eigenvalue weighted by molar-refractivity contribution is -0.167. The Morgan fingerprint density at radius 1 is 0.368 bits per heavy atom. The average molecular weight is 795 g/mol. The first-order chi connectivity index (χ1) is 28.0. The maximum absolute atomic E-state index is 12.7. The normalized spacial score (nSPS) is 12.7. The van der Waals surface area contributed by atoms with Gasteiger partial charge in [-0.2, -0.15) is 0 Å². The third-order valence-electron chi connectivity index (χ3n) is 9.83. The van der Waals surface area contributed by atoms with Gasteiger partial charge in [-0.1, -0.05) is 209 Å². The van der Waals surface area contributed by atoms with Gasteiger partial charge in [0.25, 0.3) is 0 Å². The zero-order chi connectivity index (χ0) is 41.5. The minimum atomic E-state index is -0.791. The summed E-state index contributed by atoms with van der Waals surface area (Å²) >= 11 is 0. The first-order valence-corrected chi connectivity index (χ1v) is 23.5. The van der Waals surface area contributed by atoms with Gasteiger partial charge in [-0.15, -0.1) is 0 Å². The monoisotopic (exact) mass is 795 g/mol. The third kappa shape index (κ3) is 43.8. The van der Waals surface area contributed by atoms with Gasteiger partial charge >= 0.3 is 17.9 Å². The number of unbranched alkanes of at least 4 members (excludes halogenated alkanes) is 22. The highest BCUT2D eigenvalue weighted by atomic mass is 16.6. The summed E-state index contributed by atoms with van der Waals surface area (Å²) < 4.78 is 16.7. The lowest BCUT2D eigenvalue weighted by Gasteiger charge is -2.18. The van der Waals surface area contributed by atoms with Gasteiger partial charge < -0.3 is 14.2 Å². The van der Waals surface area contributed by atoms with E-state index in [0.29, 0.717) is 19.3 Å². The lowest BCUT2D eigenvalue weighted by atomic mass is 10.0. The second-order valence-electron chi connectivity index (χ2n) is 15.4. The highest BCUT2D eigenvalue weighted by Gasteiger charge is 2.19. The molecule has 0 aliphatic heterocycles. The Kier molecular flexibility index (Phi) is 43.0. The predicted molar refractivity (Wildman–Crippen MR) is 242 cm³/mol. The molecule has 0 amide bonds. The van der Waals surface area contributed by atoms with Crippen molar-refractivity contribution in [1.29, 1.82) is 0 Å². The molecule has 0 aromatic rings. The first kappa shape index (κ1) is 53.9. The van der Waals surface area contributed by atoms with E-state index >= 15 is 0 Å². The van der Waals surface area contributed by atoms with Gasteiger partial charge in [-0.05, 0) is 57.8 Å². The van der Waals surface area contributed by atoms with Crippen molar-refractivity contribution in [2.75, 3.05) is 13.2 Å². The second kappa shape index (κ2) is 45.6. The maximum atomic E-state index is 12.7. The number of esters is 3. The van der Waals surface area contributed by atoms with Crippen molar-refractivity contribution >= 4 is 17.9 Å². The Bertz CT molecular complexity index is 1100. The summed E-state index contributed by atoms with van der Waals surface area (Å²) in [7, 11) is 0. The Hall–Kier alpha value is -3.15. The molecular formula is C51H86O6. The smallest absolute Gasteiger partial charge is 0.306 e. The molecule has 0 rings (SSSR count). The summed E-state index contributed by atoms with van der Waals surface area (Å²) in [6, 6.07) is 0. The third-order valence-corrected chi connectivity index (χ3v) is 9.83. The molecule has 0 heterocycles. The van der Waals surface area contributed by atoms with Gasteiger partial charge in [-0.3, -0.25) is 14.4 Å². The fraction of sp³-hybridized carbons (Fsp3) is 0.706. The predicted octanol–water partition coefficient (Wildman–Crippen LogP) is 15.1. The van der Waals surface area contributed by atoms with Crippen LogP contribution >= 0.6 is 0 Å². The number of rotatable bonds is 41. The van der Waals surface area contributed by atoms with Crippen LogP contribution in [0, 0.1) is 0 Å².